The highest BCUT2D eigenvalue weighted by atomic mass is 127. The number of nitrogen functional groups attached to an aromatic ring is 1. The summed E-state index contributed by atoms with van der Waals surface area (Å²) in [7, 11) is 0. The number of ketones is 2. The molecule has 1 rings (SSSR count). The predicted octanol–water partition coefficient (Wildman–Crippen LogP) is 1.57. The number of hydrogen-bond donors (Lipinski definition) is 5. The molecule has 0 fully saturated rings. The molecule has 0 aliphatic rings. The summed E-state index contributed by atoms with van der Waals surface area (Å²) in [4.78, 5) is 25.3. The van der Waals surface area contributed by atoms with E-state index in [9.17, 15) is 24.9 Å². The van der Waals surface area contributed by atoms with Gasteiger partial charge in [-0.15, -0.1) is 0 Å². The molecule has 1 unspecified atom stereocenters. The second-order valence-electron chi connectivity index (χ2n) is 5.76. The van der Waals surface area contributed by atoms with Gasteiger partial charge in [-0.25, -0.2) is 0 Å². The summed E-state index contributed by atoms with van der Waals surface area (Å²) in [6.07, 6.45) is -0.924. The predicted molar refractivity (Wildman–Crippen MR) is 122 cm³/mol. The van der Waals surface area contributed by atoms with Crippen LogP contribution in [0.5, 0.6) is 0 Å². The molecule has 0 heterocycles. The molecule has 1 aromatic carbocycles. The van der Waals surface area contributed by atoms with Crippen molar-refractivity contribution in [3.8, 4) is 0 Å². The van der Waals surface area contributed by atoms with Gasteiger partial charge in [-0.1, -0.05) is 0 Å². The molecule has 10 heteroatoms. The number of hydrogen-bond acceptors (Lipinski definition) is 7. The molecule has 7 nitrogen and oxygen atoms in total. The molecule has 0 aliphatic heterocycles. The van der Waals surface area contributed by atoms with Gasteiger partial charge in [-0.3, -0.25) is 9.59 Å². The van der Waals surface area contributed by atoms with Crippen LogP contribution in [0, 0.1) is 16.6 Å². The lowest BCUT2D eigenvalue weighted by molar-refractivity contribution is 0.0778. The summed E-state index contributed by atoms with van der Waals surface area (Å²) < 4.78 is 1.54. The highest BCUT2D eigenvalue weighted by Gasteiger charge is 2.27. The maximum absolute atomic E-state index is 12.7. The molecule has 6 N–H and O–H groups in total. The van der Waals surface area contributed by atoms with Crippen LogP contribution in [0.2, 0.25) is 0 Å². The van der Waals surface area contributed by atoms with Crippen LogP contribution in [0.3, 0.4) is 0 Å². The Morgan fingerprint density at radius 1 is 0.885 bits per heavy atom. The molecule has 0 aliphatic carbocycles. The Morgan fingerprint density at radius 3 is 1.85 bits per heavy atom. The first-order valence-electron chi connectivity index (χ1n) is 7.72. The lowest BCUT2D eigenvalue weighted by Gasteiger charge is -2.18. The smallest absolute Gasteiger partial charge is 0.165 e. The van der Waals surface area contributed by atoms with E-state index >= 15 is 0 Å². The molecular weight excluding hydrogens is 683 g/mol. The van der Waals surface area contributed by atoms with Gasteiger partial charge >= 0.3 is 0 Å². The van der Waals surface area contributed by atoms with Gasteiger partial charge in [-0.05, 0) is 74.2 Å². The molecule has 0 amide bonds. The number of anilines is 1. The molecule has 146 valence electrons. The lowest BCUT2D eigenvalue weighted by Crippen LogP contribution is -2.21. The normalized spacial score (nSPS) is 12.5. The van der Waals surface area contributed by atoms with Gasteiger partial charge in [0.05, 0.1) is 18.4 Å². The Morgan fingerprint density at radius 2 is 1.38 bits per heavy atom. The average Bonchev–Trinajstić information content (AvgIpc) is 2.62. The number of carbonyl (C=O) groups is 2. The van der Waals surface area contributed by atoms with E-state index in [2.05, 4.69) is 0 Å². The monoisotopic (exact) mass is 703 g/mol. The molecule has 0 radical (unpaired) electrons. The van der Waals surface area contributed by atoms with E-state index < -0.39 is 18.6 Å². The van der Waals surface area contributed by atoms with Gasteiger partial charge < -0.3 is 26.2 Å². The molecule has 0 saturated carbocycles. The van der Waals surface area contributed by atoms with Crippen molar-refractivity contribution < 1.29 is 30.0 Å². The maximum Gasteiger partial charge on any atom is 0.165 e. The third kappa shape index (κ3) is 5.94. The van der Waals surface area contributed by atoms with Crippen molar-refractivity contribution in [2.24, 2.45) is 5.92 Å². The third-order valence-corrected chi connectivity index (χ3v) is 7.13. The average molecular weight is 703 g/mol. The molecule has 0 saturated heterocycles. The van der Waals surface area contributed by atoms with Gasteiger partial charge in [0.1, 0.15) is 0 Å². The van der Waals surface area contributed by atoms with E-state index in [1.165, 1.54) is 0 Å². The quantitative estimate of drug-likeness (QED) is 0.142. The number of benzene rings is 1. The van der Waals surface area contributed by atoms with Crippen LogP contribution >= 0.6 is 67.8 Å². The molecular formula is C16H20I3NO6. The van der Waals surface area contributed by atoms with Crippen LogP contribution in [-0.4, -0.2) is 57.9 Å². The Balaban J connectivity index is 3.31. The van der Waals surface area contributed by atoms with Gasteiger partial charge in [0, 0.05) is 53.8 Å². The van der Waals surface area contributed by atoms with Crippen molar-refractivity contribution in [1.29, 1.82) is 0 Å². The second kappa shape index (κ2) is 11.4. The van der Waals surface area contributed by atoms with Gasteiger partial charge in [0.25, 0.3) is 0 Å². The van der Waals surface area contributed by atoms with Crippen LogP contribution < -0.4 is 5.73 Å². The van der Waals surface area contributed by atoms with E-state index in [1.54, 1.807) is 0 Å². The Labute approximate surface area is 192 Å². The number of rotatable bonds is 10. The number of nitrogens with two attached hydrogens (primary N) is 1. The summed E-state index contributed by atoms with van der Waals surface area (Å²) in [6.45, 7) is -1.07. The van der Waals surface area contributed by atoms with E-state index in [4.69, 9.17) is 10.8 Å². The number of carbonyl (C=O) groups excluding carboxylic acids is 2. The Kier molecular flexibility index (Phi) is 10.7. The van der Waals surface area contributed by atoms with Crippen molar-refractivity contribution in [3.63, 3.8) is 0 Å². The number of aliphatic hydroxyl groups is 4. The van der Waals surface area contributed by atoms with Crippen molar-refractivity contribution in [1.82, 2.24) is 0 Å². The van der Waals surface area contributed by atoms with Crippen molar-refractivity contribution in [3.05, 3.63) is 21.8 Å². The minimum absolute atomic E-state index is 0.0112. The van der Waals surface area contributed by atoms with Crippen LogP contribution in [0.25, 0.3) is 0 Å². The van der Waals surface area contributed by atoms with E-state index in [1.807, 2.05) is 67.8 Å². The topological polar surface area (TPSA) is 141 Å². The highest BCUT2D eigenvalue weighted by molar-refractivity contribution is 14.1. The van der Waals surface area contributed by atoms with Crippen LogP contribution in [0.15, 0.2) is 0 Å². The molecule has 1 atom stereocenters. The van der Waals surface area contributed by atoms with E-state index in [-0.39, 0.29) is 44.0 Å². The Bertz CT molecular complexity index is 679. The van der Waals surface area contributed by atoms with Gasteiger partial charge in [0.15, 0.2) is 11.6 Å². The summed E-state index contributed by atoms with van der Waals surface area (Å²) >= 11 is 5.85. The van der Waals surface area contributed by atoms with Crippen molar-refractivity contribution >= 4 is 85.0 Å². The number of Topliss-reactive ketones (excluding diaryl/α,β-unsaturated/α-hetero) is 2. The van der Waals surface area contributed by atoms with E-state index in [0.29, 0.717) is 27.5 Å². The minimum atomic E-state index is -0.980. The molecule has 0 spiro atoms. The first kappa shape index (κ1) is 24.4. The zero-order valence-electron chi connectivity index (χ0n) is 13.7. The molecule has 26 heavy (non-hydrogen) atoms. The van der Waals surface area contributed by atoms with Crippen LogP contribution in [0.1, 0.15) is 40.0 Å². The zero-order chi connectivity index (χ0) is 20.0. The van der Waals surface area contributed by atoms with Crippen molar-refractivity contribution in [2.45, 2.75) is 25.4 Å². The maximum atomic E-state index is 12.7. The first-order valence-corrected chi connectivity index (χ1v) is 11.0. The van der Waals surface area contributed by atoms with Gasteiger partial charge in [-0.2, -0.15) is 0 Å². The lowest BCUT2D eigenvalue weighted by atomic mass is 9.95. The zero-order valence-corrected chi connectivity index (χ0v) is 20.2. The Hall–Kier alpha value is 0.390. The summed E-state index contributed by atoms with van der Waals surface area (Å²) in [6, 6.07) is 0. The summed E-state index contributed by atoms with van der Waals surface area (Å²) in [5, 5.41) is 36.8. The summed E-state index contributed by atoms with van der Waals surface area (Å²) in [5.41, 5.74) is 7.05. The first-order chi connectivity index (χ1) is 12.2. The van der Waals surface area contributed by atoms with Crippen LogP contribution in [-0.2, 0) is 0 Å². The minimum Gasteiger partial charge on any atom is -0.397 e. The molecule has 0 aromatic heterocycles. The highest BCUT2D eigenvalue weighted by Crippen LogP contribution is 2.35. The third-order valence-electron chi connectivity index (χ3n) is 3.81. The van der Waals surface area contributed by atoms with E-state index in [0.717, 1.165) is 0 Å². The number of halogens is 3. The van der Waals surface area contributed by atoms with Crippen LogP contribution in [0.4, 0.5) is 5.69 Å². The fraction of sp³-hybridized carbons (Fsp3) is 0.500. The fourth-order valence-electron chi connectivity index (χ4n) is 2.24. The summed E-state index contributed by atoms with van der Waals surface area (Å²) in [5.74, 6) is -1.16. The second-order valence-corrected chi connectivity index (χ2v) is 9.00. The van der Waals surface area contributed by atoms with Crippen molar-refractivity contribution in [2.75, 3.05) is 25.6 Å². The molecule has 0 bridgehead atoms. The largest absolute Gasteiger partial charge is 0.397 e. The molecule has 1 aromatic rings. The SMILES string of the molecule is Nc1c(I)c(C(=O)CCC(O)CO)c(I)c(C(=O)CC(CO)CO)c1I. The number of aliphatic hydroxyl groups excluding tert-OH is 4. The van der Waals surface area contributed by atoms with Gasteiger partial charge in [0.2, 0.25) is 0 Å². The fourth-order valence-corrected chi connectivity index (χ4v) is 6.61. The standard InChI is InChI=1S/C16H20I3NO6/c17-13-11(9(25)2-1-8(24)6-23)14(18)16(20)15(19)12(13)10(26)3-7(4-21)5-22/h7-8,21-24H,1-6,20H2.